The molecule has 1 aliphatic rings. The lowest BCUT2D eigenvalue weighted by Gasteiger charge is -2.31. The summed E-state index contributed by atoms with van der Waals surface area (Å²) in [7, 11) is 0. The highest BCUT2D eigenvalue weighted by Gasteiger charge is 2.21. The van der Waals surface area contributed by atoms with Crippen LogP contribution in [0, 0.1) is 6.92 Å². The Balaban J connectivity index is 1.77. The molecule has 0 bridgehead atoms. The van der Waals surface area contributed by atoms with Gasteiger partial charge in [0.15, 0.2) is 0 Å². The molecule has 0 saturated carbocycles. The van der Waals surface area contributed by atoms with E-state index < -0.39 is 0 Å². The number of rotatable bonds is 4. The van der Waals surface area contributed by atoms with Crippen LogP contribution in [0.1, 0.15) is 30.0 Å². The first-order valence-corrected chi connectivity index (χ1v) is 8.60. The van der Waals surface area contributed by atoms with Crippen molar-refractivity contribution in [1.29, 1.82) is 0 Å². The number of nitrogens with zero attached hydrogens (tertiary/aromatic N) is 1. The third-order valence-electron chi connectivity index (χ3n) is 4.72. The highest BCUT2D eigenvalue weighted by molar-refractivity contribution is 5.95. The van der Waals surface area contributed by atoms with Crippen LogP contribution in [0.4, 0.5) is 17.1 Å². The minimum absolute atomic E-state index is 0.0225. The van der Waals surface area contributed by atoms with E-state index in [0.29, 0.717) is 6.54 Å². The Kier molecular flexibility index (Phi) is 4.74. The topological polar surface area (TPSA) is 58.4 Å². The molecule has 0 radical (unpaired) electrons. The molecule has 126 valence electrons. The first kappa shape index (κ1) is 16.4. The van der Waals surface area contributed by atoms with Crippen LogP contribution < -0.4 is 16.0 Å². The lowest BCUT2D eigenvalue weighted by atomic mass is 10.00. The third-order valence-corrected chi connectivity index (χ3v) is 4.72. The van der Waals surface area contributed by atoms with Crippen LogP contribution in [0.5, 0.6) is 0 Å². The Hall–Kier alpha value is -2.49. The SMILES string of the molecule is CCc1cccc(C)c1NC(=O)CN1CCCc2c(N)cccc21. The van der Waals surface area contributed by atoms with Gasteiger partial charge < -0.3 is 16.0 Å². The van der Waals surface area contributed by atoms with Gasteiger partial charge in [0.1, 0.15) is 0 Å². The summed E-state index contributed by atoms with van der Waals surface area (Å²) in [5.41, 5.74) is 12.4. The van der Waals surface area contributed by atoms with E-state index in [9.17, 15) is 4.79 Å². The van der Waals surface area contributed by atoms with Gasteiger partial charge in [-0.25, -0.2) is 0 Å². The van der Waals surface area contributed by atoms with Crippen molar-refractivity contribution in [2.45, 2.75) is 33.1 Å². The fraction of sp³-hybridized carbons (Fsp3) is 0.350. The fourth-order valence-corrected chi connectivity index (χ4v) is 3.45. The maximum atomic E-state index is 12.6. The highest BCUT2D eigenvalue weighted by atomic mass is 16.2. The van der Waals surface area contributed by atoms with Crippen LogP contribution in [0.25, 0.3) is 0 Å². The Morgan fingerprint density at radius 3 is 2.83 bits per heavy atom. The van der Waals surface area contributed by atoms with Gasteiger partial charge in [-0.3, -0.25) is 4.79 Å². The summed E-state index contributed by atoms with van der Waals surface area (Å²) in [6.45, 7) is 5.38. The van der Waals surface area contributed by atoms with E-state index >= 15 is 0 Å². The average molecular weight is 323 g/mol. The smallest absolute Gasteiger partial charge is 0.243 e. The summed E-state index contributed by atoms with van der Waals surface area (Å²) in [4.78, 5) is 14.7. The molecule has 2 aromatic rings. The number of nitrogens with one attached hydrogen (secondary N) is 1. The zero-order chi connectivity index (χ0) is 17.1. The zero-order valence-electron chi connectivity index (χ0n) is 14.4. The van der Waals surface area contributed by atoms with Crippen molar-refractivity contribution in [1.82, 2.24) is 0 Å². The Bertz CT molecular complexity index is 755. The molecule has 24 heavy (non-hydrogen) atoms. The van der Waals surface area contributed by atoms with Gasteiger partial charge >= 0.3 is 0 Å². The van der Waals surface area contributed by atoms with Crippen LogP contribution in [-0.2, 0) is 17.6 Å². The molecule has 0 atom stereocenters. The second kappa shape index (κ2) is 6.95. The molecule has 1 amide bonds. The van der Waals surface area contributed by atoms with Gasteiger partial charge in [-0.05, 0) is 55.0 Å². The van der Waals surface area contributed by atoms with Crippen molar-refractivity contribution in [3.63, 3.8) is 0 Å². The molecule has 4 nitrogen and oxygen atoms in total. The number of carbonyl (C=O) groups is 1. The summed E-state index contributed by atoms with van der Waals surface area (Å²) in [6.07, 6.45) is 2.91. The van der Waals surface area contributed by atoms with Crippen molar-refractivity contribution < 1.29 is 4.79 Å². The molecule has 1 heterocycles. The monoisotopic (exact) mass is 323 g/mol. The van der Waals surface area contributed by atoms with Crippen LogP contribution in [0.2, 0.25) is 0 Å². The molecule has 0 spiro atoms. The largest absolute Gasteiger partial charge is 0.398 e. The van der Waals surface area contributed by atoms with Crippen LogP contribution in [0.15, 0.2) is 36.4 Å². The molecule has 4 heteroatoms. The first-order valence-electron chi connectivity index (χ1n) is 8.60. The van der Waals surface area contributed by atoms with Gasteiger partial charge in [0.25, 0.3) is 0 Å². The summed E-state index contributed by atoms with van der Waals surface area (Å²) in [5.74, 6) is 0.0225. The Labute approximate surface area is 143 Å². The zero-order valence-corrected chi connectivity index (χ0v) is 14.4. The van der Waals surface area contributed by atoms with Gasteiger partial charge in [0.05, 0.1) is 6.54 Å². The lowest BCUT2D eigenvalue weighted by molar-refractivity contribution is -0.115. The van der Waals surface area contributed by atoms with Crippen LogP contribution in [0.3, 0.4) is 0 Å². The molecule has 0 aliphatic carbocycles. The molecule has 2 aromatic carbocycles. The number of para-hydroxylation sites is 1. The molecule has 0 aromatic heterocycles. The van der Waals surface area contributed by atoms with Gasteiger partial charge in [0.2, 0.25) is 5.91 Å². The molecule has 1 aliphatic heterocycles. The maximum absolute atomic E-state index is 12.6. The van der Waals surface area contributed by atoms with E-state index in [-0.39, 0.29) is 5.91 Å². The number of nitrogen functional groups attached to an aromatic ring is 1. The van der Waals surface area contributed by atoms with Gasteiger partial charge in [-0.15, -0.1) is 0 Å². The second-order valence-corrected chi connectivity index (χ2v) is 6.38. The van der Waals surface area contributed by atoms with Crippen molar-refractivity contribution in [2.75, 3.05) is 29.0 Å². The van der Waals surface area contributed by atoms with Crippen LogP contribution in [-0.4, -0.2) is 19.0 Å². The number of amides is 1. The number of carbonyl (C=O) groups excluding carboxylic acids is 1. The first-order chi connectivity index (χ1) is 11.6. The van der Waals surface area contributed by atoms with Gasteiger partial charge in [0, 0.05) is 23.6 Å². The van der Waals surface area contributed by atoms with Crippen molar-refractivity contribution in [3.8, 4) is 0 Å². The van der Waals surface area contributed by atoms with E-state index in [2.05, 4.69) is 29.3 Å². The summed E-state index contributed by atoms with van der Waals surface area (Å²) >= 11 is 0. The van der Waals surface area contributed by atoms with E-state index in [1.54, 1.807) is 0 Å². The van der Waals surface area contributed by atoms with E-state index in [1.165, 1.54) is 11.1 Å². The number of fused-ring (bicyclic) bond motifs is 1. The molecule has 0 unspecified atom stereocenters. The molecule has 0 fully saturated rings. The molecule has 0 saturated heterocycles. The summed E-state index contributed by atoms with van der Waals surface area (Å²) < 4.78 is 0. The normalized spacial score (nSPS) is 13.5. The Morgan fingerprint density at radius 1 is 1.25 bits per heavy atom. The van der Waals surface area contributed by atoms with Crippen molar-refractivity contribution >= 4 is 23.0 Å². The average Bonchev–Trinajstić information content (AvgIpc) is 2.57. The highest BCUT2D eigenvalue weighted by Crippen LogP contribution is 2.31. The minimum Gasteiger partial charge on any atom is -0.398 e. The van der Waals surface area contributed by atoms with Crippen molar-refractivity contribution in [2.24, 2.45) is 0 Å². The number of hydrogen-bond donors (Lipinski definition) is 2. The van der Waals surface area contributed by atoms with E-state index in [4.69, 9.17) is 5.73 Å². The van der Waals surface area contributed by atoms with Crippen LogP contribution >= 0.6 is 0 Å². The number of nitrogens with two attached hydrogens (primary N) is 1. The van der Waals surface area contributed by atoms with Crippen molar-refractivity contribution in [3.05, 3.63) is 53.1 Å². The lowest BCUT2D eigenvalue weighted by Crippen LogP contribution is -2.37. The fourth-order valence-electron chi connectivity index (χ4n) is 3.45. The molecular weight excluding hydrogens is 298 g/mol. The standard InChI is InChI=1S/C20H25N3O/c1-3-15-8-4-7-14(2)20(15)22-19(24)13-23-12-6-9-16-17(21)10-5-11-18(16)23/h4-5,7-8,10-11H,3,6,9,12-13,21H2,1-2H3,(H,22,24). The minimum atomic E-state index is 0.0225. The second-order valence-electron chi connectivity index (χ2n) is 6.38. The predicted molar refractivity (Wildman–Crippen MR) is 101 cm³/mol. The maximum Gasteiger partial charge on any atom is 0.243 e. The van der Waals surface area contributed by atoms with Gasteiger partial charge in [-0.1, -0.05) is 31.2 Å². The number of aryl methyl sites for hydroxylation is 2. The number of anilines is 3. The Morgan fingerprint density at radius 2 is 2.04 bits per heavy atom. The van der Waals surface area contributed by atoms with E-state index in [0.717, 1.165) is 48.4 Å². The summed E-state index contributed by atoms with van der Waals surface area (Å²) in [6, 6.07) is 12.1. The van der Waals surface area contributed by atoms with Gasteiger partial charge in [-0.2, -0.15) is 0 Å². The number of benzene rings is 2. The number of hydrogen-bond acceptors (Lipinski definition) is 3. The molecule has 3 rings (SSSR count). The quantitative estimate of drug-likeness (QED) is 0.846. The molecule has 3 N–H and O–H groups in total. The van der Waals surface area contributed by atoms with E-state index in [1.807, 2.05) is 31.2 Å². The summed E-state index contributed by atoms with van der Waals surface area (Å²) in [5, 5.41) is 3.11. The predicted octanol–water partition coefficient (Wildman–Crippen LogP) is 3.53. The molecular formula is C20H25N3O. The third kappa shape index (κ3) is 3.23.